The summed E-state index contributed by atoms with van der Waals surface area (Å²) < 4.78 is 0. The predicted octanol–water partition coefficient (Wildman–Crippen LogP) is 5.25. The van der Waals surface area contributed by atoms with E-state index in [0.29, 0.717) is 26.4 Å². The van der Waals surface area contributed by atoms with Gasteiger partial charge in [0.15, 0.2) is 0 Å². The van der Waals surface area contributed by atoms with Crippen molar-refractivity contribution in [3.8, 4) is 11.1 Å². The van der Waals surface area contributed by atoms with Crippen LogP contribution in [0.2, 0.25) is 20.1 Å². The minimum absolute atomic E-state index is 0.271. The van der Waals surface area contributed by atoms with Crippen LogP contribution in [-0.4, -0.2) is 4.98 Å². The summed E-state index contributed by atoms with van der Waals surface area (Å²) in [5.74, 6) is 0.464. The number of aromatic nitrogens is 1. The molecule has 0 atom stereocenters. The van der Waals surface area contributed by atoms with Crippen molar-refractivity contribution in [1.29, 1.82) is 0 Å². The zero-order chi connectivity index (χ0) is 13.4. The summed E-state index contributed by atoms with van der Waals surface area (Å²) in [6.07, 6.45) is 1.60. The smallest absolute Gasteiger partial charge is 0.126 e. The third kappa shape index (κ3) is 2.39. The first-order valence-electron chi connectivity index (χ1n) is 4.97. The zero-order valence-corrected chi connectivity index (χ0v) is 12.3. The van der Waals surface area contributed by atoms with Crippen LogP contribution in [0.4, 0.5) is 5.82 Å². The van der Waals surface area contributed by atoms with E-state index in [2.05, 4.69) is 4.98 Å². The van der Waals surface area contributed by atoms with Gasteiger partial charge in [0.1, 0.15) is 5.82 Å². The zero-order valence-electron chi connectivity index (χ0n) is 9.27. The van der Waals surface area contributed by atoms with Gasteiger partial charge < -0.3 is 5.73 Å². The van der Waals surface area contributed by atoms with E-state index in [4.69, 9.17) is 52.1 Å². The molecule has 18 heavy (non-hydrogen) atoms. The molecule has 2 aromatic rings. The molecule has 94 valence electrons. The van der Waals surface area contributed by atoms with Gasteiger partial charge in [0.2, 0.25) is 0 Å². The number of rotatable bonds is 1. The number of nitrogens with zero attached hydrogens (tertiary/aromatic N) is 1. The van der Waals surface area contributed by atoms with E-state index in [1.165, 1.54) is 0 Å². The maximum atomic E-state index is 6.17. The molecule has 0 saturated heterocycles. The summed E-state index contributed by atoms with van der Waals surface area (Å²) in [5.41, 5.74) is 7.86. The number of aryl methyl sites for hydroxylation is 1. The second kappa shape index (κ2) is 5.14. The molecule has 2 N–H and O–H groups in total. The number of benzene rings is 1. The Bertz CT molecular complexity index is 626. The maximum Gasteiger partial charge on any atom is 0.126 e. The molecular weight excluding hydrogens is 314 g/mol. The Hall–Kier alpha value is -0.670. The van der Waals surface area contributed by atoms with Crippen molar-refractivity contribution < 1.29 is 0 Å². The Balaban J connectivity index is 2.71. The molecule has 1 heterocycles. The SMILES string of the molecule is Cc1cc(-c2c(Cl)cc(Cl)c(Cl)c2Cl)cnc1N. The van der Waals surface area contributed by atoms with Gasteiger partial charge in [0.25, 0.3) is 0 Å². The Kier molecular flexibility index (Phi) is 3.93. The van der Waals surface area contributed by atoms with Crippen LogP contribution in [0, 0.1) is 6.92 Å². The van der Waals surface area contributed by atoms with Crippen LogP contribution in [0.25, 0.3) is 11.1 Å². The van der Waals surface area contributed by atoms with Gasteiger partial charge in [-0.1, -0.05) is 46.4 Å². The molecule has 1 aromatic heterocycles. The largest absolute Gasteiger partial charge is 0.383 e. The first kappa shape index (κ1) is 13.8. The molecule has 6 heteroatoms. The normalized spacial score (nSPS) is 10.7. The van der Waals surface area contributed by atoms with Crippen molar-refractivity contribution in [1.82, 2.24) is 4.98 Å². The Morgan fingerprint density at radius 2 is 1.67 bits per heavy atom. The molecule has 0 fully saturated rings. The molecule has 1 aromatic carbocycles. The minimum atomic E-state index is 0.271. The fourth-order valence-corrected chi connectivity index (χ4v) is 2.68. The Labute approximate surface area is 125 Å². The molecule has 0 unspecified atom stereocenters. The third-order valence-corrected chi connectivity index (χ3v) is 4.08. The highest BCUT2D eigenvalue weighted by molar-refractivity contribution is 6.51. The number of halogens is 4. The van der Waals surface area contributed by atoms with Gasteiger partial charge in [0, 0.05) is 17.3 Å². The van der Waals surface area contributed by atoms with Crippen molar-refractivity contribution in [2.24, 2.45) is 0 Å². The van der Waals surface area contributed by atoms with E-state index in [-0.39, 0.29) is 5.02 Å². The van der Waals surface area contributed by atoms with Crippen LogP contribution in [0.5, 0.6) is 0 Å². The number of hydrogen-bond acceptors (Lipinski definition) is 2. The summed E-state index contributed by atoms with van der Waals surface area (Å²) in [6, 6.07) is 3.40. The Morgan fingerprint density at radius 3 is 2.28 bits per heavy atom. The summed E-state index contributed by atoms with van der Waals surface area (Å²) in [7, 11) is 0. The van der Waals surface area contributed by atoms with Crippen molar-refractivity contribution >= 4 is 52.2 Å². The minimum Gasteiger partial charge on any atom is -0.383 e. The molecule has 0 aliphatic carbocycles. The molecule has 0 aliphatic rings. The molecule has 2 nitrogen and oxygen atoms in total. The first-order chi connectivity index (χ1) is 8.41. The quantitative estimate of drug-likeness (QED) is 0.575. The predicted molar refractivity (Wildman–Crippen MR) is 78.9 cm³/mol. The van der Waals surface area contributed by atoms with Gasteiger partial charge in [-0.3, -0.25) is 0 Å². The van der Waals surface area contributed by atoms with Crippen molar-refractivity contribution in [2.45, 2.75) is 6.92 Å². The van der Waals surface area contributed by atoms with Crippen LogP contribution >= 0.6 is 46.4 Å². The van der Waals surface area contributed by atoms with E-state index in [1.54, 1.807) is 12.3 Å². The number of nitrogen functional groups attached to an aromatic ring is 1. The molecule has 0 amide bonds. The summed E-state index contributed by atoms with van der Waals surface area (Å²) >= 11 is 24.2. The van der Waals surface area contributed by atoms with Crippen LogP contribution in [0.1, 0.15) is 5.56 Å². The van der Waals surface area contributed by atoms with Crippen LogP contribution in [-0.2, 0) is 0 Å². The Morgan fingerprint density at radius 1 is 1.00 bits per heavy atom. The van der Waals surface area contributed by atoms with Crippen LogP contribution in [0.15, 0.2) is 18.3 Å². The van der Waals surface area contributed by atoms with Crippen molar-refractivity contribution in [3.05, 3.63) is 44.0 Å². The molecule has 0 radical (unpaired) electrons. The average molecular weight is 322 g/mol. The number of hydrogen-bond donors (Lipinski definition) is 1. The van der Waals surface area contributed by atoms with Gasteiger partial charge in [0.05, 0.1) is 20.1 Å². The van der Waals surface area contributed by atoms with E-state index in [1.807, 2.05) is 13.0 Å². The molecule has 0 aliphatic heterocycles. The lowest BCUT2D eigenvalue weighted by molar-refractivity contribution is 1.28. The third-order valence-electron chi connectivity index (χ3n) is 2.52. The number of anilines is 1. The van der Waals surface area contributed by atoms with Crippen LogP contribution < -0.4 is 5.73 Å². The van der Waals surface area contributed by atoms with Crippen LogP contribution in [0.3, 0.4) is 0 Å². The van der Waals surface area contributed by atoms with E-state index >= 15 is 0 Å². The molecule has 2 rings (SSSR count). The highest BCUT2D eigenvalue weighted by atomic mass is 35.5. The second-order valence-corrected chi connectivity index (χ2v) is 5.34. The highest BCUT2D eigenvalue weighted by Crippen LogP contribution is 2.43. The van der Waals surface area contributed by atoms with E-state index in [9.17, 15) is 0 Å². The molecule has 0 spiro atoms. The van der Waals surface area contributed by atoms with Gasteiger partial charge in [-0.15, -0.1) is 0 Å². The fraction of sp³-hybridized carbons (Fsp3) is 0.0833. The van der Waals surface area contributed by atoms with E-state index < -0.39 is 0 Å². The van der Waals surface area contributed by atoms with Crippen molar-refractivity contribution in [3.63, 3.8) is 0 Å². The van der Waals surface area contributed by atoms with Crippen molar-refractivity contribution in [2.75, 3.05) is 5.73 Å². The second-order valence-electron chi connectivity index (χ2n) is 3.77. The summed E-state index contributed by atoms with van der Waals surface area (Å²) in [4.78, 5) is 4.07. The topological polar surface area (TPSA) is 38.9 Å². The lowest BCUT2D eigenvalue weighted by Gasteiger charge is -2.11. The number of pyridine rings is 1. The highest BCUT2D eigenvalue weighted by Gasteiger charge is 2.16. The molecule has 0 bridgehead atoms. The van der Waals surface area contributed by atoms with E-state index in [0.717, 1.165) is 11.1 Å². The average Bonchev–Trinajstić information content (AvgIpc) is 2.31. The molecular formula is C12H8Cl4N2. The fourth-order valence-electron chi connectivity index (χ4n) is 1.55. The lowest BCUT2D eigenvalue weighted by atomic mass is 10.1. The number of nitrogens with two attached hydrogens (primary N) is 1. The summed E-state index contributed by atoms with van der Waals surface area (Å²) in [5, 5.41) is 1.31. The van der Waals surface area contributed by atoms with Gasteiger partial charge in [-0.2, -0.15) is 0 Å². The first-order valence-corrected chi connectivity index (χ1v) is 6.48. The standard InChI is InChI=1S/C12H8Cl4N2/c1-5-2-6(4-18-12(5)17)9-7(13)3-8(14)10(15)11(9)16/h2-4H,1H3,(H2,17,18). The van der Waals surface area contributed by atoms with Gasteiger partial charge >= 0.3 is 0 Å². The molecule has 0 saturated carbocycles. The summed E-state index contributed by atoms with van der Waals surface area (Å²) in [6.45, 7) is 1.85. The van der Waals surface area contributed by atoms with Gasteiger partial charge in [-0.25, -0.2) is 4.98 Å². The maximum absolute atomic E-state index is 6.17. The monoisotopic (exact) mass is 320 g/mol. The lowest BCUT2D eigenvalue weighted by Crippen LogP contribution is -1.94. The van der Waals surface area contributed by atoms with Gasteiger partial charge in [-0.05, 0) is 24.6 Å².